The zero-order chi connectivity index (χ0) is 11.5. The monoisotopic (exact) mass is 213 g/mol. The smallest absolute Gasteiger partial charge is 0.222 e. The molecule has 90 valence electrons. The molecule has 1 amide bonds. The van der Waals surface area contributed by atoms with Crippen LogP contribution in [0.15, 0.2) is 0 Å². The maximum Gasteiger partial charge on any atom is 0.222 e. The minimum atomic E-state index is 0.343. The van der Waals surface area contributed by atoms with Crippen molar-refractivity contribution in [3.63, 3.8) is 0 Å². The SMILES string of the molecule is CCCCCCCC(=O)N(CC)CCC. The minimum Gasteiger partial charge on any atom is -0.343 e. The van der Waals surface area contributed by atoms with E-state index in [2.05, 4.69) is 20.8 Å². The fraction of sp³-hybridized carbons (Fsp3) is 0.923. The van der Waals surface area contributed by atoms with Crippen molar-refractivity contribution in [2.45, 2.75) is 65.7 Å². The van der Waals surface area contributed by atoms with E-state index in [0.717, 1.165) is 32.4 Å². The highest BCUT2D eigenvalue weighted by Gasteiger charge is 2.09. The summed E-state index contributed by atoms with van der Waals surface area (Å²) < 4.78 is 0. The van der Waals surface area contributed by atoms with E-state index >= 15 is 0 Å². The lowest BCUT2D eigenvalue weighted by Gasteiger charge is -2.19. The Morgan fingerprint density at radius 3 is 2.13 bits per heavy atom. The molecule has 0 radical (unpaired) electrons. The van der Waals surface area contributed by atoms with Gasteiger partial charge in [-0.25, -0.2) is 0 Å². The Morgan fingerprint density at radius 2 is 1.60 bits per heavy atom. The average Bonchev–Trinajstić information content (AvgIpc) is 2.25. The Labute approximate surface area is 95.0 Å². The molecule has 0 N–H and O–H groups in total. The van der Waals surface area contributed by atoms with E-state index in [1.807, 2.05) is 4.90 Å². The molecule has 0 bridgehead atoms. The molecule has 0 atom stereocenters. The van der Waals surface area contributed by atoms with Crippen molar-refractivity contribution in [1.29, 1.82) is 0 Å². The Hall–Kier alpha value is -0.530. The zero-order valence-electron chi connectivity index (χ0n) is 10.7. The van der Waals surface area contributed by atoms with Crippen LogP contribution in [0.2, 0.25) is 0 Å². The number of rotatable bonds is 9. The largest absolute Gasteiger partial charge is 0.343 e. The van der Waals surface area contributed by atoms with Crippen molar-refractivity contribution in [3.8, 4) is 0 Å². The molecule has 2 heteroatoms. The van der Waals surface area contributed by atoms with Crippen LogP contribution in [-0.4, -0.2) is 23.9 Å². The fourth-order valence-electron chi connectivity index (χ4n) is 1.77. The number of carbonyl (C=O) groups is 1. The first-order chi connectivity index (χ1) is 7.26. The number of nitrogens with zero attached hydrogens (tertiary/aromatic N) is 1. The highest BCUT2D eigenvalue weighted by molar-refractivity contribution is 5.76. The molecule has 0 unspecified atom stereocenters. The second-order valence-electron chi connectivity index (χ2n) is 4.14. The van der Waals surface area contributed by atoms with E-state index in [4.69, 9.17) is 0 Å². The third-order valence-electron chi connectivity index (χ3n) is 2.72. The standard InChI is InChI=1S/C13H27NO/c1-4-7-8-9-10-11-13(15)14(6-3)12-5-2/h4-12H2,1-3H3. The fourth-order valence-corrected chi connectivity index (χ4v) is 1.77. The molecule has 0 aliphatic heterocycles. The summed E-state index contributed by atoms with van der Waals surface area (Å²) in [5.74, 6) is 0.343. The van der Waals surface area contributed by atoms with Gasteiger partial charge < -0.3 is 4.90 Å². The van der Waals surface area contributed by atoms with Gasteiger partial charge in [-0.05, 0) is 19.8 Å². The van der Waals surface area contributed by atoms with Gasteiger partial charge in [-0.1, -0.05) is 39.5 Å². The molecular weight excluding hydrogens is 186 g/mol. The third-order valence-corrected chi connectivity index (χ3v) is 2.72. The number of hydrogen-bond acceptors (Lipinski definition) is 1. The molecule has 0 fully saturated rings. The Kier molecular flexibility index (Phi) is 9.65. The van der Waals surface area contributed by atoms with Gasteiger partial charge in [-0.3, -0.25) is 4.79 Å². The van der Waals surface area contributed by atoms with Crippen molar-refractivity contribution < 1.29 is 4.79 Å². The minimum absolute atomic E-state index is 0.343. The molecule has 0 saturated carbocycles. The summed E-state index contributed by atoms with van der Waals surface area (Å²) in [7, 11) is 0. The summed E-state index contributed by atoms with van der Waals surface area (Å²) in [4.78, 5) is 13.7. The molecule has 0 aromatic heterocycles. The number of unbranched alkanes of at least 4 members (excludes halogenated alkanes) is 4. The van der Waals surface area contributed by atoms with Crippen molar-refractivity contribution in [2.24, 2.45) is 0 Å². The van der Waals surface area contributed by atoms with Crippen LogP contribution in [0.25, 0.3) is 0 Å². The first kappa shape index (κ1) is 14.5. The van der Waals surface area contributed by atoms with Crippen molar-refractivity contribution in [3.05, 3.63) is 0 Å². The van der Waals surface area contributed by atoms with E-state index in [1.165, 1.54) is 25.7 Å². The Morgan fingerprint density at radius 1 is 0.933 bits per heavy atom. The number of hydrogen-bond donors (Lipinski definition) is 0. The molecule has 0 heterocycles. The van der Waals surface area contributed by atoms with E-state index in [0.29, 0.717) is 5.91 Å². The lowest BCUT2D eigenvalue weighted by molar-refractivity contribution is -0.131. The summed E-state index contributed by atoms with van der Waals surface area (Å²) in [5, 5.41) is 0. The van der Waals surface area contributed by atoms with Gasteiger partial charge in [0.05, 0.1) is 0 Å². The van der Waals surface area contributed by atoms with Gasteiger partial charge in [-0.15, -0.1) is 0 Å². The van der Waals surface area contributed by atoms with Gasteiger partial charge in [0.25, 0.3) is 0 Å². The van der Waals surface area contributed by atoms with E-state index < -0.39 is 0 Å². The van der Waals surface area contributed by atoms with Crippen LogP contribution >= 0.6 is 0 Å². The van der Waals surface area contributed by atoms with E-state index in [-0.39, 0.29) is 0 Å². The molecule has 0 rings (SSSR count). The van der Waals surface area contributed by atoms with Crippen LogP contribution in [0.1, 0.15) is 65.7 Å². The van der Waals surface area contributed by atoms with Crippen LogP contribution < -0.4 is 0 Å². The normalized spacial score (nSPS) is 10.3. The maximum atomic E-state index is 11.7. The molecule has 0 aliphatic rings. The summed E-state index contributed by atoms with van der Waals surface area (Å²) in [6, 6.07) is 0. The van der Waals surface area contributed by atoms with Gasteiger partial charge in [0.2, 0.25) is 5.91 Å². The van der Waals surface area contributed by atoms with Crippen LogP contribution in [0.4, 0.5) is 0 Å². The van der Waals surface area contributed by atoms with E-state index in [1.54, 1.807) is 0 Å². The molecule has 0 aromatic carbocycles. The van der Waals surface area contributed by atoms with E-state index in [9.17, 15) is 4.79 Å². The van der Waals surface area contributed by atoms with Gasteiger partial charge in [0.15, 0.2) is 0 Å². The summed E-state index contributed by atoms with van der Waals surface area (Å²) in [6.45, 7) is 8.18. The first-order valence-corrected chi connectivity index (χ1v) is 6.54. The number of carbonyl (C=O) groups excluding carboxylic acids is 1. The van der Waals surface area contributed by atoms with Gasteiger partial charge in [0, 0.05) is 19.5 Å². The topological polar surface area (TPSA) is 20.3 Å². The predicted molar refractivity (Wildman–Crippen MR) is 65.9 cm³/mol. The predicted octanol–water partition coefficient (Wildman–Crippen LogP) is 3.61. The lowest BCUT2D eigenvalue weighted by atomic mass is 10.1. The molecule has 0 spiro atoms. The van der Waals surface area contributed by atoms with Gasteiger partial charge in [-0.2, -0.15) is 0 Å². The van der Waals surface area contributed by atoms with Gasteiger partial charge >= 0.3 is 0 Å². The maximum absolute atomic E-state index is 11.7. The van der Waals surface area contributed by atoms with Crippen LogP contribution in [0.5, 0.6) is 0 Å². The Balaban J connectivity index is 3.53. The van der Waals surface area contributed by atoms with Crippen molar-refractivity contribution in [1.82, 2.24) is 4.90 Å². The average molecular weight is 213 g/mol. The second-order valence-corrected chi connectivity index (χ2v) is 4.14. The zero-order valence-corrected chi connectivity index (χ0v) is 10.7. The summed E-state index contributed by atoms with van der Waals surface area (Å²) in [5.41, 5.74) is 0. The molecule has 0 saturated heterocycles. The molecule has 15 heavy (non-hydrogen) atoms. The molecule has 0 aromatic rings. The summed E-state index contributed by atoms with van der Waals surface area (Å²) in [6.07, 6.45) is 7.95. The number of amides is 1. The highest BCUT2D eigenvalue weighted by atomic mass is 16.2. The van der Waals surface area contributed by atoms with Crippen LogP contribution in [0.3, 0.4) is 0 Å². The quantitative estimate of drug-likeness (QED) is 0.536. The summed E-state index contributed by atoms with van der Waals surface area (Å²) >= 11 is 0. The van der Waals surface area contributed by atoms with Gasteiger partial charge in [0.1, 0.15) is 0 Å². The Bertz CT molecular complexity index is 157. The highest BCUT2D eigenvalue weighted by Crippen LogP contribution is 2.07. The van der Waals surface area contributed by atoms with Crippen molar-refractivity contribution in [2.75, 3.05) is 13.1 Å². The molecular formula is C13H27NO. The first-order valence-electron chi connectivity index (χ1n) is 6.54. The lowest BCUT2D eigenvalue weighted by Crippen LogP contribution is -2.31. The second kappa shape index (κ2) is 10.0. The van der Waals surface area contributed by atoms with Crippen LogP contribution in [-0.2, 0) is 4.79 Å². The van der Waals surface area contributed by atoms with Crippen LogP contribution in [0, 0.1) is 0 Å². The molecule has 2 nitrogen and oxygen atoms in total. The van der Waals surface area contributed by atoms with Crippen molar-refractivity contribution >= 4 is 5.91 Å². The molecule has 0 aliphatic carbocycles. The third kappa shape index (κ3) is 7.40.